The lowest BCUT2D eigenvalue weighted by molar-refractivity contribution is -0.370. The third kappa shape index (κ3) is 3.19. The molecule has 0 aliphatic heterocycles. The molecule has 0 bridgehead atoms. The standard InChI is InChI=1S/C24H21NO/c25-17-23(18-9-3-1-4-10-18)21-15-16-24(22-14-8-7-13-20(21)22)26-19-11-5-2-6-12-19/h1-16,23H,17,25H2/p+1. The highest BCUT2D eigenvalue weighted by molar-refractivity contribution is 5.92. The van der Waals surface area contributed by atoms with Crippen molar-refractivity contribution in [3.05, 3.63) is 108 Å². The molecule has 0 aliphatic rings. The molecule has 4 aromatic rings. The third-order valence-electron chi connectivity index (χ3n) is 4.75. The molecule has 4 aromatic carbocycles. The zero-order valence-electron chi connectivity index (χ0n) is 14.6. The molecule has 0 amide bonds. The fraction of sp³-hybridized carbons (Fsp3) is 0.0833. The van der Waals surface area contributed by atoms with E-state index in [9.17, 15) is 0 Å². The molecule has 0 fully saturated rings. The molecule has 26 heavy (non-hydrogen) atoms. The van der Waals surface area contributed by atoms with E-state index in [4.69, 9.17) is 4.74 Å². The maximum Gasteiger partial charge on any atom is 0.135 e. The quantitative estimate of drug-likeness (QED) is 0.545. The normalized spacial score (nSPS) is 12.0. The van der Waals surface area contributed by atoms with Gasteiger partial charge in [0.1, 0.15) is 11.5 Å². The van der Waals surface area contributed by atoms with Crippen molar-refractivity contribution < 1.29 is 10.5 Å². The first kappa shape index (κ1) is 16.4. The summed E-state index contributed by atoms with van der Waals surface area (Å²) in [4.78, 5) is 0. The number of quaternary nitrogens is 1. The van der Waals surface area contributed by atoms with Gasteiger partial charge in [0.25, 0.3) is 0 Å². The van der Waals surface area contributed by atoms with E-state index in [1.54, 1.807) is 0 Å². The largest absolute Gasteiger partial charge is 0.457 e. The average Bonchev–Trinajstić information content (AvgIpc) is 2.72. The van der Waals surface area contributed by atoms with Crippen molar-refractivity contribution in [1.29, 1.82) is 0 Å². The Labute approximate surface area is 153 Å². The zero-order valence-corrected chi connectivity index (χ0v) is 14.6. The first-order valence-electron chi connectivity index (χ1n) is 8.95. The van der Waals surface area contributed by atoms with Crippen molar-refractivity contribution in [3.63, 3.8) is 0 Å². The first-order chi connectivity index (χ1) is 12.9. The van der Waals surface area contributed by atoms with Gasteiger partial charge in [-0.25, -0.2) is 0 Å². The van der Waals surface area contributed by atoms with Crippen LogP contribution in [0, 0.1) is 0 Å². The summed E-state index contributed by atoms with van der Waals surface area (Å²) in [7, 11) is 0. The number of rotatable bonds is 5. The summed E-state index contributed by atoms with van der Waals surface area (Å²) in [5.74, 6) is 2.00. The number of hydrogen-bond donors (Lipinski definition) is 1. The van der Waals surface area contributed by atoms with Crippen LogP contribution in [0.4, 0.5) is 0 Å². The van der Waals surface area contributed by atoms with Gasteiger partial charge >= 0.3 is 0 Å². The zero-order chi connectivity index (χ0) is 17.8. The lowest BCUT2D eigenvalue weighted by Crippen LogP contribution is -2.53. The Balaban J connectivity index is 1.81. The predicted molar refractivity (Wildman–Crippen MR) is 107 cm³/mol. The molecule has 128 valence electrons. The molecule has 1 atom stereocenters. The topological polar surface area (TPSA) is 36.9 Å². The summed E-state index contributed by atoms with van der Waals surface area (Å²) in [6.45, 7) is 0.812. The summed E-state index contributed by atoms with van der Waals surface area (Å²) in [5.41, 5.74) is 6.79. The molecule has 0 saturated heterocycles. The van der Waals surface area contributed by atoms with E-state index in [1.807, 2.05) is 30.3 Å². The fourth-order valence-corrected chi connectivity index (χ4v) is 3.49. The highest BCUT2D eigenvalue weighted by atomic mass is 16.5. The molecular weight excluding hydrogens is 318 g/mol. The van der Waals surface area contributed by atoms with Crippen molar-refractivity contribution in [3.8, 4) is 11.5 Å². The molecule has 0 radical (unpaired) electrons. The molecule has 3 N–H and O–H groups in total. The number of fused-ring (bicyclic) bond motifs is 1. The molecule has 4 rings (SSSR count). The van der Waals surface area contributed by atoms with Gasteiger partial charge in [-0.15, -0.1) is 0 Å². The van der Waals surface area contributed by atoms with Crippen LogP contribution in [0.5, 0.6) is 11.5 Å². The molecule has 0 spiro atoms. The van der Waals surface area contributed by atoms with Crippen LogP contribution < -0.4 is 10.5 Å². The minimum Gasteiger partial charge on any atom is -0.457 e. The van der Waals surface area contributed by atoms with Gasteiger partial charge in [0.05, 0.1) is 12.5 Å². The second-order valence-electron chi connectivity index (χ2n) is 6.37. The lowest BCUT2D eigenvalue weighted by atomic mass is 9.87. The van der Waals surface area contributed by atoms with Crippen molar-refractivity contribution in [2.75, 3.05) is 6.54 Å². The van der Waals surface area contributed by atoms with Crippen LogP contribution in [0.15, 0.2) is 97.1 Å². The van der Waals surface area contributed by atoms with E-state index in [-0.39, 0.29) is 5.92 Å². The van der Waals surface area contributed by atoms with Crippen molar-refractivity contribution in [1.82, 2.24) is 0 Å². The van der Waals surface area contributed by atoms with Gasteiger partial charge in [-0.05, 0) is 34.7 Å². The second-order valence-corrected chi connectivity index (χ2v) is 6.37. The molecule has 1 unspecified atom stereocenters. The molecule has 0 aliphatic carbocycles. The fourth-order valence-electron chi connectivity index (χ4n) is 3.49. The summed E-state index contributed by atoms with van der Waals surface area (Å²) in [5, 5.41) is 2.35. The van der Waals surface area contributed by atoms with Crippen LogP contribution in [-0.2, 0) is 0 Å². The summed E-state index contributed by atoms with van der Waals surface area (Å²) in [6, 6.07) is 33.2. The molecule has 0 saturated carbocycles. The Bertz CT molecular complexity index is 996. The maximum atomic E-state index is 6.15. The number of ether oxygens (including phenoxy) is 1. The van der Waals surface area contributed by atoms with Crippen LogP contribution >= 0.6 is 0 Å². The first-order valence-corrected chi connectivity index (χ1v) is 8.95. The number of para-hydroxylation sites is 1. The predicted octanol–water partition coefficient (Wildman–Crippen LogP) is 5.01. The number of benzene rings is 4. The van der Waals surface area contributed by atoms with Gasteiger partial charge in [0.2, 0.25) is 0 Å². The van der Waals surface area contributed by atoms with Crippen LogP contribution in [-0.4, -0.2) is 6.54 Å². The Hall–Kier alpha value is -3.10. The van der Waals surface area contributed by atoms with E-state index < -0.39 is 0 Å². The Morgan fingerprint density at radius 3 is 1.96 bits per heavy atom. The molecule has 0 aromatic heterocycles. The Kier molecular flexibility index (Phi) is 4.67. The van der Waals surface area contributed by atoms with Gasteiger partial charge in [0.15, 0.2) is 0 Å². The smallest absolute Gasteiger partial charge is 0.135 e. The van der Waals surface area contributed by atoms with Crippen LogP contribution in [0.2, 0.25) is 0 Å². The van der Waals surface area contributed by atoms with E-state index in [0.717, 1.165) is 23.4 Å². The Morgan fingerprint density at radius 2 is 1.27 bits per heavy atom. The molecular formula is C24H22NO+. The van der Waals surface area contributed by atoms with E-state index in [0.29, 0.717) is 0 Å². The SMILES string of the molecule is [NH3+]CC(c1ccccc1)c1ccc(Oc2ccccc2)c2ccccc12. The Morgan fingerprint density at radius 1 is 0.654 bits per heavy atom. The minimum absolute atomic E-state index is 0.270. The third-order valence-corrected chi connectivity index (χ3v) is 4.75. The summed E-state index contributed by atoms with van der Waals surface area (Å²) in [6.07, 6.45) is 0. The van der Waals surface area contributed by atoms with Crippen molar-refractivity contribution in [2.24, 2.45) is 0 Å². The maximum absolute atomic E-state index is 6.15. The van der Waals surface area contributed by atoms with Gasteiger partial charge in [0, 0.05) is 5.39 Å². The van der Waals surface area contributed by atoms with Gasteiger partial charge < -0.3 is 10.5 Å². The summed E-state index contributed by atoms with van der Waals surface area (Å²) < 4.78 is 6.15. The van der Waals surface area contributed by atoms with E-state index in [1.165, 1.54) is 16.5 Å². The van der Waals surface area contributed by atoms with Gasteiger partial charge in [-0.3, -0.25) is 0 Å². The molecule has 2 heteroatoms. The highest BCUT2D eigenvalue weighted by Crippen LogP contribution is 2.36. The van der Waals surface area contributed by atoms with Crippen molar-refractivity contribution >= 4 is 10.8 Å². The van der Waals surface area contributed by atoms with Gasteiger partial charge in [-0.2, -0.15) is 0 Å². The highest BCUT2D eigenvalue weighted by Gasteiger charge is 2.18. The number of hydrogen-bond acceptors (Lipinski definition) is 1. The van der Waals surface area contributed by atoms with E-state index >= 15 is 0 Å². The monoisotopic (exact) mass is 340 g/mol. The van der Waals surface area contributed by atoms with Crippen LogP contribution in [0.1, 0.15) is 17.0 Å². The van der Waals surface area contributed by atoms with Gasteiger partial charge in [-0.1, -0.05) is 78.9 Å². The molecule has 2 nitrogen and oxygen atoms in total. The molecule has 0 heterocycles. The minimum atomic E-state index is 0.270. The lowest BCUT2D eigenvalue weighted by Gasteiger charge is -2.18. The van der Waals surface area contributed by atoms with Crippen molar-refractivity contribution in [2.45, 2.75) is 5.92 Å². The average molecular weight is 340 g/mol. The van der Waals surface area contributed by atoms with E-state index in [2.05, 4.69) is 72.5 Å². The van der Waals surface area contributed by atoms with Crippen LogP contribution in [0.3, 0.4) is 0 Å². The summed E-state index contributed by atoms with van der Waals surface area (Å²) >= 11 is 0. The van der Waals surface area contributed by atoms with Crippen LogP contribution in [0.25, 0.3) is 10.8 Å². The second kappa shape index (κ2) is 7.42.